The number of hydrogen-bond donors (Lipinski definition) is 0. The first-order chi connectivity index (χ1) is 14.8. The predicted octanol–water partition coefficient (Wildman–Crippen LogP) is 4.42. The summed E-state index contributed by atoms with van der Waals surface area (Å²) in [6.45, 7) is 2.90. The molecule has 0 radical (unpaired) electrons. The van der Waals surface area contributed by atoms with Crippen molar-refractivity contribution in [3.63, 3.8) is 0 Å². The highest BCUT2D eigenvalue weighted by molar-refractivity contribution is 5.37. The average Bonchev–Trinajstić information content (AvgIpc) is 3.67. The molecule has 0 aliphatic carbocycles. The molecule has 5 rings (SSSR count). The molecule has 2 aliphatic rings. The minimum atomic E-state index is 0.274. The van der Waals surface area contributed by atoms with Gasteiger partial charge in [-0.2, -0.15) is 0 Å². The van der Waals surface area contributed by atoms with Crippen LogP contribution in [-0.4, -0.2) is 38.6 Å². The van der Waals surface area contributed by atoms with E-state index in [9.17, 15) is 0 Å². The van der Waals surface area contributed by atoms with Crippen molar-refractivity contribution >= 4 is 0 Å². The number of hydrogen-bond acceptors (Lipinski definition) is 4. The van der Waals surface area contributed by atoms with Gasteiger partial charge in [-0.1, -0.05) is 48.5 Å². The zero-order valence-electron chi connectivity index (χ0n) is 17.0. The molecule has 0 amide bonds. The molecule has 0 spiro atoms. The Kier molecular flexibility index (Phi) is 5.69. The van der Waals surface area contributed by atoms with Gasteiger partial charge in [0.2, 0.25) is 0 Å². The SMILES string of the molecule is c1cc(Cc2cccc(OCC3CO3)c2)cc(Cc2cccc(OCC3CO3)c2)c1. The molecule has 154 valence electrons. The van der Waals surface area contributed by atoms with Crippen LogP contribution in [0.2, 0.25) is 0 Å². The molecule has 2 saturated heterocycles. The Bertz CT molecular complexity index is 915. The van der Waals surface area contributed by atoms with Gasteiger partial charge in [0, 0.05) is 0 Å². The van der Waals surface area contributed by atoms with Crippen LogP contribution < -0.4 is 9.47 Å². The number of epoxide rings is 2. The summed E-state index contributed by atoms with van der Waals surface area (Å²) in [5.41, 5.74) is 5.10. The lowest BCUT2D eigenvalue weighted by Gasteiger charge is -2.10. The van der Waals surface area contributed by atoms with Crippen LogP contribution >= 0.6 is 0 Å². The summed E-state index contributed by atoms with van der Waals surface area (Å²) >= 11 is 0. The van der Waals surface area contributed by atoms with E-state index in [-0.39, 0.29) is 12.2 Å². The number of benzene rings is 3. The summed E-state index contributed by atoms with van der Waals surface area (Å²) in [4.78, 5) is 0. The van der Waals surface area contributed by atoms with Gasteiger partial charge in [0.25, 0.3) is 0 Å². The van der Waals surface area contributed by atoms with E-state index in [1.54, 1.807) is 0 Å². The molecule has 4 nitrogen and oxygen atoms in total. The Morgan fingerprint density at radius 3 is 1.43 bits per heavy atom. The van der Waals surface area contributed by atoms with Crippen LogP contribution in [0, 0.1) is 0 Å². The van der Waals surface area contributed by atoms with E-state index in [4.69, 9.17) is 18.9 Å². The highest BCUT2D eigenvalue weighted by Gasteiger charge is 2.23. The molecule has 0 aromatic heterocycles. The maximum atomic E-state index is 5.82. The van der Waals surface area contributed by atoms with Crippen molar-refractivity contribution in [3.05, 3.63) is 95.1 Å². The molecule has 0 bridgehead atoms. The molecule has 0 saturated carbocycles. The molecule has 2 unspecified atom stereocenters. The summed E-state index contributed by atoms with van der Waals surface area (Å²) in [5.74, 6) is 1.82. The number of rotatable bonds is 10. The number of ether oxygens (including phenoxy) is 4. The molecule has 2 aliphatic heterocycles. The second-order valence-corrected chi connectivity index (χ2v) is 8.00. The van der Waals surface area contributed by atoms with Crippen LogP contribution in [0.25, 0.3) is 0 Å². The van der Waals surface area contributed by atoms with Crippen molar-refractivity contribution in [3.8, 4) is 11.5 Å². The van der Waals surface area contributed by atoms with Crippen LogP contribution in [0.3, 0.4) is 0 Å². The normalized spacial score (nSPS) is 19.3. The van der Waals surface area contributed by atoms with E-state index < -0.39 is 0 Å². The Labute approximate surface area is 177 Å². The summed E-state index contributed by atoms with van der Waals surface area (Å²) in [6.07, 6.45) is 2.32. The highest BCUT2D eigenvalue weighted by atomic mass is 16.6. The average molecular weight is 402 g/mol. The third-order valence-electron chi connectivity index (χ3n) is 5.28. The van der Waals surface area contributed by atoms with Gasteiger partial charge in [-0.3, -0.25) is 0 Å². The summed E-state index contributed by atoms with van der Waals surface area (Å²) in [6, 6.07) is 25.5. The minimum absolute atomic E-state index is 0.274. The third-order valence-corrected chi connectivity index (χ3v) is 5.28. The van der Waals surface area contributed by atoms with E-state index >= 15 is 0 Å². The Hall–Kier alpha value is -2.82. The van der Waals surface area contributed by atoms with Crippen molar-refractivity contribution in [1.29, 1.82) is 0 Å². The Balaban J connectivity index is 1.22. The first kappa shape index (κ1) is 19.2. The molecule has 2 fully saturated rings. The fraction of sp³-hybridized carbons (Fsp3) is 0.308. The van der Waals surface area contributed by atoms with Crippen LogP contribution in [0.1, 0.15) is 22.3 Å². The topological polar surface area (TPSA) is 43.5 Å². The van der Waals surface area contributed by atoms with E-state index in [0.717, 1.165) is 37.6 Å². The standard InChI is InChI=1S/C26H26O4/c1-4-19(11-21-6-2-8-23(13-21)27-15-25-17-29-25)10-20(5-1)12-22-7-3-9-24(14-22)28-16-26-18-30-26/h1-10,13-14,25-26H,11-12,15-18H2. The van der Waals surface area contributed by atoms with Crippen molar-refractivity contribution in [2.75, 3.05) is 26.4 Å². The van der Waals surface area contributed by atoms with Gasteiger partial charge in [0.15, 0.2) is 0 Å². The van der Waals surface area contributed by atoms with Gasteiger partial charge in [0.1, 0.15) is 36.9 Å². The predicted molar refractivity (Wildman–Crippen MR) is 115 cm³/mol. The smallest absolute Gasteiger partial charge is 0.119 e. The van der Waals surface area contributed by atoms with Crippen molar-refractivity contribution in [1.82, 2.24) is 0 Å². The molecule has 30 heavy (non-hydrogen) atoms. The fourth-order valence-corrected chi connectivity index (χ4v) is 3.52. The molecule has 2 atom stereocenters. The van der Waals surface area contributed by atoms with Gasteiger partial charge in [-0.05, 0) is 59.4 Å². The molecule has 4 heteroatoms. The van der Waals surface area contributed by atoms with Crippen LogP contribution in [0.15, 0.2) is 72.8 Å². The second kappa shape index (κ2) is 8.90. The molecule has 2 heterocycles. The minimum Gasteiger partial charge on any atom is -0.491 e. The van der Waals surface area contributed by atoms with Gasteiger partial charge >= 0.3 is 0 Å². The Morgan fingerprint density at radius 1 is 0.600 bits per heavy atom. The first-order valence-electron chi connectivity index (χ1n) is 10.5. The van der Waals surface area contributed by atoms with Crippen LogP contribution in [0.5, 0.6) is 11.5 Å². The van der Waals surface area contributed by atoms with Crippen molar-refractivity contribution in [2.24, 2.45) is 0 Å². The van der Waals surface area contributed by atoms with Gasteiger partial charge in [-0.25, -0.2) is 0 Å². The van der Waals surface area contributed by atoms with Gasteiger partial charge in [-0.15, -0.1) is 0 Å². The largest absolute Gasteiger partial charge is 0.491 e. The monoisotopic (exact) mass is 402 g/mol. The summed E-state index contributed by atoms with van der Waals surface area (Å²) in [5, 5.41) is 0. The first-order valence-corrected chi connectivity index (χ1v) is 10.5. The lowest BCUT2D eigenvalue weighted by molar-refractivity contribution is 0.263. The highest BCUT2D eigenvalue weighted by Crippen LogP contribution is 2.22. The Morgan fingerprint density at radius 2 is 1.00 bits per heavy atom. The van der Waals surface area contributed by atoms with E-state index in [2.05, 4.69) is 60.7 Å². The summed E-state index contributed by atoms with van der Waals surface area (Å²) < 4.78 is 22.1. The molecule has 3 aromatic carbocycles. The van der Waals surface area contributed by atoms with Gasteiger partial charge in [0.05, 0.1) is 13.2 Å². The molecular weight excluding hydrogens is 376 g/mol. The molecule has 3 aromatic rings. The summed E-state index contributed by atoms with van der Waals surface area (Å²) in [7, 11) is 0. The molecular formula is C26H26O4. The third kappa shape index (κ3) is 5.62. The second-order valence-electron chi connectivity index (χ2n) is 8.00. The lowest BCUT2D eigenvalue weighted by Crippen LogP contribution is -2.04. The maximum absolute atomic E-state index is 5.82. The lowest BCUT2D eigenvalue weighted by atomic mass is 9.99. The zero-order valence-corrected chi connectivity index (χ0v) is 17.0. The van der Waals surface area contributed by atoms with Crippen molar-refractivity contribution in [2.45, 2.75) is 25.0 Å². The van der Waals surface area contributed by atoms with Crippen molar-refractivity contribution < 1.29 is 18.9 Å². The van der Waals surface area contributed by atoms with E-state index in [1.165, 1.54) is 22.3 Å². The maximum Gasteiger partial charge on any atom is 0.119 e. The van der Waals surface area contributed by atoms with E-state index in [0.29, 0.717) is 13.2 Å². The van der Waals surface area contributed by atoms with E-state index in [1.807, 2.05) is 12.1 Å². The molecule has 0 N–H and O–H groups in total. The van der Waals surface area contributed by atoms with Gasteiger partial charge < -0.3 is 18.9 Å². The quantitative estimate of drug-likeness (QED) is 0.471. The zero-order chi connectivity index (χ0) is 20.2. The fourth-order valence-electron chi connectivity index (χ4n) is 3.52. The van der Waals surface area contributed by atoms with Crippen LogP contribution in [0.4, 0.5) is 0 Å². The van der Waals surface area contributed by atoms with Crippen LogP contribution in [-0.2, 0) is 22.3 Å².